The molecule has 0 bridgehead atoms. The first-order valence-electron chi connectivity index (χ1n) is 5.64. The number of anilines is 2. The minimum atomic E-state index is -3.65. The number of sulfonamides is 1. The molecule has 3 N–H and O–H groups in total. The highest BCUT2D eigenvalue weighted by Crippen LogP contribution is 2.26. The van der Waals surface area contributed by atoms with E-state index >= 15 is 0 Å². The summed E-state index contributed by atoms with van der Waals surface area (Å²) in [6.07, 6.45) is 0. The molecule has 0 spiro atoms. The number of nitrogen functional groups attached to an aromatic ring is 1. The first kappa shape index (κ1) is 14.7. The summed E-state index contributed by atoms with van der Waals surface area (Å²) in [6, 6.07) is 11.0. The van der Waals surface area contributed by atoms with Crippen LogP contribution in [0.5, 0.6) is 5.75 Å². The van der Waals surface area contributed by atoms with Gasteiger partial charge < -0.3 is 10.5 Å². The van der Waals surface area contributed by atoms with E-state index in [0.717, 1.165) is 0 Å². The van der Waals surface area contributed by atoms with Gasteiger partial charge in [-0.05, 0) is 36.4 Å². The number of hydrogen-bond donors (Lipinski definition) is 2. The van der Waals surface area contributed by atoms with Gasteiger partial charge in [-0.15, -0.1) is 0 Å². The number of halogens is 1. The Balaban J connectivity index is 2.33. The van der Waals surface area contributed by atoms with Crippen molar-refractivity contribution in [1.29, 1.82) is 0 Å². The summed E-state index contributed by atoms with van der Waals surface area (Å²) in [7, 11) is -2.14. The predicted molar refractivity (Wildman–Crippen MR) is 82.4 cm³/mol. The number of ether oxygens (including phenoxy) is 1. The molecular formula is C13H13BrN2O3S. The summed E-state index contributed by atoms with van der Waals surface area (Å²) in [4.78, 5) is 0.144. The van der Waals surface area contributed by atoms with Crippen molar-refractivity contribution in [2.45, 2.75) is 4.90 Å². The summed E-state index contributed by atoms with van der Waals surface area (Å²) in [5, 5.41) is 0. The van der Waals surface area contributed by atoms with Gasteiger partial charge in [-0.25, -0.2) is 8.42 Å². The van der Waals surface area contributed by atoms with Gasteiger partial charge in [0.15, 0.2) is 0 Å². The van der Waals surface area contributed by atoms with Gasteiger partial charge in [-0.3, -0.25) is 4.72 Å². The van der Waals surface area contributed by atoms with Gasteiger partial charge in [0.25, 0.3) is 10.0 Å². The Morgan fingerprint density at radius 3 is 2.40 bits per heavy atom. The Labute approximate surface area is 125 Å². The van der Waals surface area contributed by atoms with E-state index in [9.17, 15) is 8.42 Å². The summed E-state index contributed by atoms with van der Waals surface area (Å²) in [5.41, 5.74) is 6.46. The second-order valence-electron chi connectivity index (χ2n) is 4.05. The number of hydrogen-bond acceptors (Lipinski definition) is 4. The lowest BCUT2D eigenvalue weighted by molar-refractivity contribution is 0.415. The number of benzene rings is 2. The fraction of sp³-hybridized carbons (Fsp3) is 0.0769. The Kier molecular flexibility index (Phi) is 4.20. The maximum atomic E-state index is 12.2. The van der Waals surface area contributed by atoms with Gasteiger partial charge in [-0.2, -0.15) is 0 Å². The molecule has 20 heavy (non-hydrogen) atoms. The molecule has 2 rings (SSSR count). The van der Waals surface area contributed by atoms with E-state index in [1.807, 2.05) is 0 Å². The van der Waals surface area contributed by atoms with Crippen LogP contribution >= 0.6 is 15.9 Å². The van der Waals surface area contributed by atoms with Crippen LogP contribution in [0.4, 0.5) is 11.4 Å². The molecular weight excluding hydrogens is 344 g/mol. The van der Waals surface area contributed by atoms with Crippen LogP contribution in [0.25, 0.3) is 0 Å². The van der Waals surface area contributed by atoms with Crippen LogP contribution in [0.15, 0.2) is 51.8 Å². The maximum Gasteiger partial charge on any atom is 0.261 e. The number of rotatable bonds is 4. The average Bonchev–Trinajstić information content (AvgIpc) is 2.37. The van der Waals surface area contributed by atoms with Crippen LogP contribution in [0.3, 0.4) is 0 Å². The Morgan fingerprint density at radius 1 is 1.15 bits per heavy atom. The van der Waals surface area contributed by atoms with Crippen molar-refractivity contribution >= 4 is 37.3 Å². The van der Waals surface area contributed by atoms with Crippen molar-refractivity contribution in [2.75, 3.05) is 17.6 Å². The van der Waals surface area contributed by atoms with Crippen LogP contribution in [0.1, 0.15) is 0 Å². The minimum Gasteiger partial charge on any atom is -0.497 e. The quantitative estimate of drug-likeness (QED) is 0.825. The van der Waals surface area contributed by atoms with Crippen molar-refractivity contribution in [2.24, 2.45) is 0 Å². The molecule has 0 aliphatic carbocycles. The van der Waals surface area contributed by atoms with Gasteiger partial charge >= 0.3 is 0 Å². The zero-order valence-corrected chi connectivity index (χ0v) is 13.0. The fourth-order valence-corrected chi connectivity index (χ4v) is 3.11. The van der Waals surface area contributed by atoms with E-state index in [2.05, 4.69) is 20.7 Å². The van der Waals surface area contributed by atoms with Crippen LogP contribution in [0.2, 0.25) is 0 Å². The summed E-state index contributed by atoms with van der Waals surface area (Å²) < 4.78 is 32.7. The molecule has 106 valence electrons. The molecule has 0 saturated heterocycles. The predicted octanol–water partition coefficient (Wildman–Crippen LogP) is 2.84. The topological polar surface area (TPSA) is 81.4 Å². The van der Waals surface area contributed by atoms with Gasteiger partial charge in [0.1, 0.15) is 5.75 Å². The Hall–Kier alpha value is -1.73. The number of methoxy groups -OCH3 is 1. The zero-order valence-electron chi connectivity index (χ0n) is 10.6. The lowest BCUT2D eigenvalue weighted by atomic mass is 10.3. The van der Waals surface area contributed by atoms with Crippen LogP contribution in [0, 0.1) is 0 Å². The lowest BCUT2D eigenvalue weighted by Crippen LogP contribution is -2.13. The SMILES string of the molecule is COc1cc(Br)cc(NS(=O)(=O)c2ccc(N)cc2)c1. The van der Waals surface area contributed by atoms with E-state index in [-0.39, 0.29) is 4.90 Å². The molecule has 0 saturated carbocycles. The van der Waals surface area contributed by atoms with E-state index in [4.69, 9.17) is 10.5 Å². The molecule has 0 amide bonds. The molecule has 7 heteroatoms. The monoisotopic (exact) mass is 356 g/mol. The smallest absolute Gasteiger partial charge is 0.261 e. The third-order valence-electron chi connectivity index (χ3n) is 2.55. The van der Waals surface area contributed by atoms with Gasteiger partial charge in [-0.1, -0.05) is 15.9 Å². The third kappa shape index (κ3) is 3.43. The first-order chi connectivity index (χ1) is 9.40. The Morgan fingerprint density at radius 2 is 1.80 bits per heavy atom. The molecule has 0 aliphatic rings. The summed E-state index contributed by atoms with van der Waals surface area (Å²) >= 11 is 3.30. The summed E-state index contributed by atoms with van der Waals surface area (Å²) in [5.74, 6) is 0.550. The van der Waals surface area contributed by atoms with Crippen LogP contribution < -0.4 is 15.2 Å². The van der Waals surface area contributed by atoms with E-state index < -0.39 is 10.0 Å². The molecule has 0 atom stereocenters. The van der Waals surface area contributed by atoms with Gasteiger partial charge in [0.05, 0.1) is 17.7 Å². The normalized spacial score (nSPS) is 11.1. The van der Waals surface area contributed by atoms with E-state index in [0.29, 0.717) is 21.6 Å². The van der Waals surface area contributed by atoms with E-state index in [1.54, 1.807) is 18.2 Å². The van der Waals surface area contributed by atoms with Gasteiger partial charge in [0, 0.05) is 16.2 Å². The molecule has 0 unspecified atom stereocenters. The van der Waals surface area contributed by atoms with Crippen molar-refractivity contribution in [1.82, 2.24) is 0 Å². The molecule has 0 fully saturated rings. The molecule has 0 aromatic heterocycles. The van der Waals surface area contributed by atoms with E-state index in [1.165, 1.54) is 31.4 Å². The molecule has 0 heterocycles. The highest BCUT2D eigenvalue weighted by Gasteiger charge is 2.14. The molecule has 2 aromatic carbocycles. The number of nitrogens with one attached hydrogen (secondary N) is 1. The van der Waals surface area contributed by atoms with Crippen molar-refractivity contribution < 1.29 is 13.2 Å². The standard InChI is InChI=1S/C13H13BrN2O3S/c1-19-12-7-9(14)6-11(8-12)16-20(17,18)13-4-2-10(15)3-5-13/h2-8,16H,15H2,1H3. The molecule has 0 radical (unpaired) electrons. The maximum absolute atomic E-state index is 12.2. The highest BCUT2D eigenvalue weighted by molar-refractivity contribution is 9.10. The van der Waals surface area contributed by atoms with Crippen LogP contribution in [-0.2, 0) is 10.0 Å². The minimum absolute atomic E-state index is 0.144. The highest BCUT2D eigenvalue weighted by atomic mass is 79.9. The largest absolute Gasteiger partial charge is 0.497 e. The molecule has 5 nitrogen and oxygen atoms in total. The van der Waals surface area contributed by atoms with Gasteiger partial charge in [0.2, 0.25) is 0 Å². The van der Waals surface area contributed by atoms with Crippen LogP contribution in [-0.4, -0.2) is 15.5 Å². The lowest BCUT2D eigenvalue weighted by Gasteiger charge is -2.10. The second-order valence-corrected chi connectivity index (χ2v) is 6.65. The fourth-order valence-electron chi connectivity index (χ4n) is 1.60. The first-order valence-corrected chi connectivity index (χ1v) is 7.91. The van der Waals surface area contributed by atoms with Crippen molar-refractivity contribution in [3.63, 3.8) is 0 Å². The Bertz CT molecular complexity index is 715. The molecule has 2 aromatic rings. The van der Waals surface area contributed by atoms with Crippen molar-refractivity contribution in [3.05, 3.63) is 46.9 Å². The third-order valence-corrected chi connectivity index (χ3v) is 4.40. The average molecular weight is 357 g/mol. The van der Waals surface area contributed by atoms with Crippen molar-refractivity contribution in [3.8, 4) is 5.75 Å². The molecule has 0 aliphatic heterocycles. The summed E-state index contributed by atoms with van der Waals surface area (Å²) in [6.45, 7) is 0. The number of nitrogens with two attached hydrogens (primary N) is 1. The second kappa shape index (κ2) is 5.72. The zero-order chi connectivity index (χ0) is 14.8.